The average molecular weight is 383 g/mol. The van der Waals surface area contributed by atoms with Gasteiger partial charge in [0.05, 0.1) is 17.1 Å². The summed E-state index contributed by atoms with van der Waals surface area (Å²) in [5.41, 5.74) is 1.46. The minimum atomic E-state index is -0.0237. The van der Waals surface area contributed by atoms with Crippen LogP contribution in [0.4, 0.5) is 0 Å². The van der Waals surface area contributed by atoms with E-state index in [1.165, 1.54) is 0 Å². The second-order valence-electron chi connectivity index (χ2n) is 6.42. The van der Waals surface area contributed by atoms with Gasteiger partial charge in [0.25, 0.3) is 5.91 Å². The van der Waals surface area contributed by atoms with E-state index in [9.17, 15) is 4.79 Å². The fourth-order valence-corrected chi connectivity index (χ4v) is 3.34. The van der Waals surface area contributed by atoms with Crippen LogP contribution in [0.5, 0.6) is 0 Å². The highest BCUT2D eigenvalue weighted by Gasteiger charge is 2.24. The molecule has 3 aromatic rings. The Labute approximate surface area is 162 Å². The molecule has 1 saturated heterocycles. The van der Waals surface area contributed by atoms with Crippen molar-refractivity contribution in [1.82, 2.24) is 20.0 Å². The molecule has 7 heteroatoms. The van der Waals surface area contributed by atoms with Gasteiger partial charge in [-0.2, -0.15) is 0 Å². The maximum Gasteiger partial charge on any atom is 0.255 e. The summed E-state index contributed by atoms with van der Waals surface area (Å²) in [6.45, 7) is 3.36. The second kappa shape index (κ2) is 7.90. The zero-order valence-corrected chi connectivity index (χ0v) is 15.5. The molecule has 0 saturated carbocycles. The molecule has 27 heavy (non-hydrogen) atoms. The Balaban J connectivity index is 1.34. The molecule has 1 aromatic heterocycles. The van der Waals surface area contributed by atoms with Crippen molar-refractivity contribution in [3.63, 3.8) is 0 Å². The van der Waals surface area contributed by atoms with Crippen molar-refractivity contribution < 1.29 is 9.21 Å². The third-order valence-corrected chi connectivity index (χ3v) is 4.94. The van der Waals surface area contributed by atoms with Gasteiger partial charge in [0.1, 0.15) is 0 Å². The molecular weight excluding hydrogens is 364 g/mol. The Bertz CT molecular complexity index is 920. The number of hydrogen-bond acceptors (Lipinski definition) is 5. The summed E-state index contributed by atoms with van der Waals surface area (Å²) in [6, 6.07) is 16.9. The third kappa shape index (κ3) is 4.02. The lowest BCUT2D eigenvalue weighted by Gasteiger charge is -2.34. The highest BCUT2D eigenvalue weighted by Crippen LogP contribution is 2.20. The molecule has 0 atom stereocenters. The molecule has 1 aliphatic heterocycles. The van der Waals surface area contributed by atoms with Crippen LogP contribution in [0.15, 0.2) is 59.0 Å². The lowest BCUT2D eigenvalue weighted by atomic mass is 10.2. The Morgan fingerprint density at radius 2 is 1.67 bits per heavy atom. The zero-order valence-electron chi connectivity index (χ0n) is 14.7. The van der Waals surface area contributed by atoms with Crippen LogP contribution in [0.3, 0.4) is 0 Å². The first-order chi connectivity index (χ1) is 13.2. The van der Waals surface area contributed by atoms with Gasteiger partial charge in [-0.1, -0.05) is 41.9 Å². The minimum absolute atomic E-state index is 0.0237. The summed E-state index contributed by atoms with van der Waals surface area (Å²) < 4.78 is 5.77. The van der Waals surface area contributed by atoms with Crippen molar-refractivity contribution in [3.05, 3.63) is 71.1 Å². The molecule has 2 aromatic carbocycles. The van der Waals surface area contributed by atoms with Crippen molar-refractivity contribution in [3.8, 4) is 11.5 Å². The Morgan fingerprint density at radius 3 is 2.41 bits per heavy atom. The number of nitrogens with zero attached hydrogens (tertiary/aromatic N) is 4. The van der Waals surface area contributed by atoms with Crippen molar-refractivity contribution in [2.75, 3.05) is 26.2 Å². The maximum atomic E-state index is 12.6. The second-order valence-corrected chi connectivity index (χ2v) is 6.82. The maximum absolute atomic E-state index is 12.6. The van der Waals surface area contributed by atoms with Gasteiger partial charge >= 0.3 is 0 Å². The van der Waals surface area contributed by atoms with Gasteiger partial charge in [0.15, 0.2) is 0 Å². The summed E-state index contributed by atoms with van der Waals surface area (Å²) in [5, 5.41) is 8.76. The van der Waals surface area contributed by atoms with Crippen molar-refractivity contribution in [1.29, 1.82) is 0 Å². The number of hydrogen-bond donors (Lipinski definition) is 0. The first-order valence-electron chi connectivity index (χ1n) is 8.84. The quantitative estimate of drug-likeness (QED) is 0.692. The molecule has 0 aliphatic carbocycles. The van der Waals surface area contributed by atoms with Crippen LogP contribution in [0.25, 0.3) is 11.5 Å². The van der Waals surface area contributed by atoms with Gasteiger partial charge in [-0.25, -0.2) is 0 Å². The van der Waals surface area contributed by atoms with Crippen molar-refractivity contribution in [2.24, 2.45) is 0 Å². The lowest BCUT2D eigenvalue weighted by molar-refractivity contribution is 0.0618. The molecule has 0 bridgehead atoms. The molecule has 0 spiro atoms. The van der Waals surface area contributed by atoms with Gasteiger partial charge in [-0.15, -0.1) is 10.2 Å². The highest BCUT2D eigenvalue weighted by molar-refractivity contribution is 6.33. The smallest absolute Gasteiger partial charge is 0.255 e. The molecular formula is C20H19ClN4O2. The number of halogens is 1. The molecule has 1 amide bonds. The van der Waals surface area contributed by atoms with Crippen LogP contribution >= 0.6 is 11.6 Å². The third-order valence-electron chi connectivity index (χ3n) is 4.61. The van der Waals surface area contributed by atoms with E-state index >= 15 is 0 Å². The number of piperazine rings is 1. The number of aromatic nitrogens is 2. The summed E-state index contributed by atoms with van der Waals surface area (Å²) in [7, 11) is 0. The summed E-state index contributed by atoms with van der Waals surface area (Å²) in [5.74, 6) is 1.09. The largest absolute Gasteiger partial charge is 0.419 e. The molecule has 4 rings (SSSR count). The molecule has 6 nitrogen and oxygen atoms in total. The fraction of sp³-hybridized carbons (Fsp3) is 0.250. The van der Waals surface area contributed by atoms with E-state index < -0.39 is 0 Å². The molecule has 2 heterocycles. The van der Waals surface area contributed by atoms with Crippen LogP contribution in [-0.4, -0.2) is 52.1 Å². The Morgan fingerprint density at radius 1 is 0.963 bits per heavy atom. The van der Waals surface area contributed by atoms with Crippen LogP contribution in [-0.2, 0) is 6.54 Å². The topological polar surface area (TPSA) is 62.5 Å². The predicted octanol–water partition coefficient (Wildman–Crippen LogP) is 3.35. The number of carbonyl (C=O) groups is 1. The molecule has 0 N–H and O–H groups in total. The minimum Gasteiger partial charge on any atom is -0.419 e. The van der Waals surface area contributed by atoms with E-state index in [2.05, 4.69) is 15.1 Å². The van der Waals surface area contributed by atoms with E-state index in [-0.39, 0.29) is 5.91 Å². The number of carbonyl (C=O) groups excluding carboxylic acids is 1. The first-order valence-corrected chi connectivity index (χ1v) is 9.22. The normalized spacial score (nSPS) is 15.1. The highest BCUT2D eigenvalue weighted by atomic mass is 35.5. The van der Waals surface area contributed by atoms with Gasteiger partial charge in [0.2, 0.25) is 11.8 Å². The summed E-state index contributed by atoms with van der Waals surface area (Å²) in [6.07, 6.45) is 0. The summed E-state index contributed by atoms with van der Waals surface area (Å²) >= 11 is 6.14. The zero-order chi connectivity index (χ0) is 18.6. The van der Waals surface area contributed by atoms with Crippen LogP contribution < -0.4 is 0 Å². The van der Waals surface area contributed by atoms with Crippen LogP contribution in [0.2, 0.25) is 5.02 Å². The molecule has 0 unspecified atom stereocenters. The van der Waals surface area contributed by atoms with Gasteiger partial charge in [-0.3, -0.25) is 9.69 Å². The van der Waals surface area contributed by atoms with E-state index in [4.69, 9.17) is 16.0 Å². The van der Waals surface area contributed by atoms with E-state index in [0.717, 1.165) is 18.7 Å². The number of amides is 1. The Kier molecular flexibility index (Phi) is 5.18. The number of rotatable bonds is 4. The molecule has 0 radical (unpaired) electrons. The molecule has 1 fully saturated rings. The number of benzene rings is 2. The van der Waals surface area contributed by atoms with Gasteiger partial charge < -0.3 is 9.32 Å². The fourth-order valence-electron chi connectivity index (χ4n) is 3.12. The predicted molar refractivity (Wildman–Crippen MR) is 102 cm³/mol. The van der Waals surface area contributed by atoms with Crippen LogP contribution in [0, 0.1) is 0 Å². The van der Waals surface area contributed by atoms with Gasteiger partial charge in [-0.05, 0) is 24.3 Å². The molecule has 1 aliphatic rings. The standard InChI is InChI=1S/C20H19ClN4O2/c21-17-9-5-4-8-16(17)20(26)25-12-10-24(11-13-25)14-18-22-23-19(27-18)15-6-2-1-3-7-15/h1-9H,10-14H2. The van der Waals surface area contributed by atoms with Crippen molar-refractivity contribution in [2.45, 2.75) is 6.54 Å². The SMILES string of the molecule is O=C(c1ccccc1Cl)N1CCN(Cc2nnc(-c3ccccc3)o2)CC1. The molecule has 138 valence electrons. The Hall–Kier alpha value is -2.70. The van der Waals surface area contributed by atoms with E-state index in [0.29, 0.717) is 42.0 Å². The lowest BCUT2D eigenvalue weighted by Crippen LogP contribution is -2.48. The summed E-state index contributed by atoms with van der Waals surface area (Å²) in [4.78, 5) is 16.7. The van der Waals surface area contributed by atoms with Crippen LogP contribution in [0.1, 0.15) is 16.2 Å². The average Bonchev–Trinajstić information content (AvgIpc) is 3.18. The first kappa shape index (κ1) is 17.7. The van der Waals surface area contributed by atoms with E-state index in [1.807, 2.05) is 47.4 Å². The van der Waals surface area contributed by atoms with E-state index in [1.54, 1.807) is 12.1 Å². The van der Waals surface area contributed by atoms with Crippen molar-refractivity contribution >= 4 is 17.5 Å². The monoisotopic (exact) mass is 382 g/mol. The van der Waals surface area contributed by atoms with Gasteiger partial charge in [0, 0.05) is 31.7 Å².